The average molecular weight is 412 g/mol. The molecule has 3 heterocycles. The monoisotopic (exact) mass is 411 g/mol. The number of fused-ring (bicyclic) bond motifs is 3. The molecule has 4 aromatic rings. The van der Waals surface area contributed by atoms with E-state index in [0.717, 1.165) is 58.5 Å². The number of aromatic nitrogens is 2. The first kappa shape index (κ1) is 19.5. The van der Waals surface area contributed by atoms with Crippen LogP contribution in [0.25, 0.3) is 11.0 Å². The Labute approximate surface area is 181 Å². The summed E-state index contributed by atoms with van der Waals surface area (Å²) in [5.41, 5.74) is 5.10. The summed E-state index contributed by atoms with van der Waals surface area (Å²) in [6, 6.07) is 22.2. The second-order valence-corrected chi connectivity index (χ2v) is 7.98. The van der Waals surface area contributed by atoms with E-state index in [2.05, 4.69) is 34.1 Å². The van der Waals surface area contributed by atoms with Gasteiger partial charge in [-0.25, -0.2) is 4.98 Å². The smallest absolute Gasteiger partial charge is 0.257 e. The molecule has 5 heteroatoms. The van der Waals surface area contributed by atoms with Crippen molar-refractivity contribution >= 4 is 11.0 Å². The van der Waals surface area contributed by atoms with Gasteiger partial charge in [-0.2, -0.15) is 0 Å². The van der Waals surface area contributed by atoms with Crippen molar-refractivity contribution in [1.29, 1.82) is 0 Å². The molecule has 156 valence electrons. The minimum atomic E-state index is 0.0646. The molecule has 0 atom stereocenters. The van der Waals surface area contributed by atoms with Gasteiger partial charge in [-0.15, -0.1) is 0 Å². The molecule has 5 rings (SSSR count). The molecule has 1 aliphatic rings. The SMILES string of the molecule is COc1ccccc1CN1CCc2c(c(=O)n(Cc3ccccc3)c3ncccc23)C1. The van der Waals surface area contributed by atoms with E-state index < -0.39 is 0 Å². The van der Waals surface area contributed by atoms with Crippen LogP contribution in [0.2, 0.25) is 0 Å². The van der Waals surface area contributed by atoms with Crippen LogP contribution in [0.1, 0.15) is 22.3 Å². The number of pyridine rings is 2. The maximum atomic E-state index is 13.6. The predicted octanol–water partition coefficient (Wildman–Crippen LogP) is 4.01. The summed E-state index contributed by atoms with van der Waals surface area (Å²) in [5, 5.41) is 1.09. The van der Waals surface area contributed by atoms with Crippen molar-refractivity contribution in [3.05, 3.63) is 106 Å². The van der Waals surface area contributed by atoms with Crippen LogP contribution >= 0.6 is 0 Å². The van der Waals surface area contributed by atoms with Crippen LogP contribution in [-0.2, 0) is 26.1 Å². The molecule has 0 amide bonds. The largest absolute Gasteiger partial charge is 0.496 e. The first-order chi connectivity index (χ1) is 15.2. The molecule has 31 heavy (non-hydrogen) atoms. The van der Waals surface area contributed by atoms with E-state index in [0.29, 0.717) is 13.1 Å². The Morgan fingerprint density at radius 2 is 1.74 bits per heavy atom. The van der Waals surface area contributed by atoms with E-state index in [1.807, 2.05) is 47.0 Å². The average Bonchev–Trinajstić information content (AvgIpc) is 2.83. The molecule has 0 unspecified atom stereocenters. The number of ether oxygens (including phenoxy) is 1. The lowest BCUT2D eigenvalue weighted by Gasteiger charge is -2.30. The summed E-state index contributed by atoms with van der Waals surface area (Å²) in [5.74, 6) is 0.887. The zero-order valence-electron chi connectivity index (χ0n) is 17.6. The topological polar surface area (TPSA) is 47.4 Å². The fourth-order valence-electron chi connectivity index (χ4n) is 4.54. The Kier molecular flexibility index (Phi) is 5.26. The Hall–Kier alpha value is -3.44. The number of hydrogen-bond donors (Lipinski definition) is 0. The summed E-state index contributed by atoms with van der Waals surface area (Å²) < 4.78 is 7.35. The predicted molar refractivity (Wildman–Crippen MR) is 122 cm³/mol. The minimum Gasteiger partial charge on any atom is -0.496 e. The number of nitrogens with zero attached hydrogens (tertiary/aromatic N) is 3. The summed E-state index contributed by atoms with van der Waals surface area (Å²) in [6.07, 6.45) is 2.61. The highest BCUT2D eigenvalue weighted by atomic mass is 16.5. The highest BCUT2D eigenvalue weighted by Gasteiger charge is 2.24. The Bertz CT molecular complexity index is 1280. The van der Waals surface area contributed by atoms with Gasteiger partial charge in [0.25, 0.3) is 5.56 Å². The van der Waals surface area contributed by atoms with Gasteiger partial charge >= 0.3 is 0 Å². The first-order valence-electron chi connectivity index (χ1n) is 10.6. The van der Waals surface area contributed by atoms with E-state index in [-0.39, 0.29) is 5.56 Å². The molecule has 0 saturated carbocycles. The third kappa shape index (κ3) is 3.73. The van der Waals surface area contributed by atoms with Crippen molar-refractivity contribution in [3.63, 3.8) is 0 Å². The molecule has 0 fully saturated rings. The summed E-state index contributed by atoms with van der Waals surface area (Å²) in [7, 11) is 1.70. The van der Waals surface area contributed by atoms with Crippen LogP contribution in [0.4, 0.5) is 0 Å². The molecule has 5 nitrogen and oxygen atoms in total. The van der Waals surface area contributed by atoms with E-state index in [1.165, 1.54) is 0 Å². The Morgan fingerprint density at radius 3 is 2.58 bits per heavy atom. The lowest BCUT2D eigenvalue weighted by molar-refractivity contribution is 0.240. The van der Waals surface area contributed by atoms with Crippen molar-refractivity contribution < 1.29 is 4.74 Å². The van der Waals surface area contributed by atoms with E-state index >= 15 is 0 Å². The normalized spacial score (nSPS) is 13.8. The summed E-state index contributed by atoms with van der Waals surface area (Å²) in [6.45, 7) is 2.81. The molecule has 0 radical (unpaired) electrons. The van der Waals surface area contributed by atoms with Gasteiger partial charge < -0.3 is 4.74 Å². The molecule has 0 saturated heterocycles. The van der Waals surface area contributed by atoms with Gasteiger partial charge in [0.05, 0.1) is 13.7 Å². The maximum Gasteiger partial charge on any atom is 0.257 e. The van der Waals surface area contributed by atoms with Crippen molar-refractivity contribution in [2.24, 2.45) is 0 Å². The number of rotatable bonds is 5. The van der Waals surface area contributed by atoms with E-state index in [9.17, 15) is 4.79 Å². The minimum absolute atomic E-state index is 0.0646. The van der Waals surface area contributed by atoms with E-state index in [4.69, 9.17) is 4.74 Å². The second-order valence-electron chi connectivity index (χ2n) is 7.98. The molecular formula is C26H25N3O2. The van der Waals surface area contributed by atoms with Crippen molar-refractivity contribution in [2.75, 3.05) is 13.7 Å². The summed E-state index contributed by atoms with van der Waals surface area (Å²) in [4.78, 5) is 20.5. The Morgan fingerprint density at radius 1 is 0.935 bits per heavy atom. The summed E-state index contributed by atoms with van der Waals surface area (Å²) >= 11 is 0. The van der Waals surface area contributed by atoms with Gasteiger partial charge in [-0.1, -0.05) is 48.5 Å². The molecule has 0 spiro atoms. The number of para-hydroxylation sites is 1. The highest BCUT2D eigenvalue weighted by Crippen LogP contribution is 2.27. The lowest BCUT2D eigenvalue weighted by atomic mass is 9.97. The zero-order chi connectivity index (χ0) is 21.2. The molecule has 0 bridgehead atoms. The van der Waals surface area contributed by atoms with Crippen molar-refractivity contribution in [2.45, 2.75) is 26.1 Å². The molecular weight excluding hydrogens is 386 g/mol. The second kappa shape index (κ2) is 8.36. The quantitative estimate of drug-likeness (QED) is 0.498. The highest BCUT2D eigenvalue weighted by molar-refractivity contribution is 5.80. The van der Waals surface area contributed by atoms with Crippen LogP contribution in [0.3, 0.4) is 0 Å². The molecule has 0 N–H and O–H groups in total. The third-order valence-corrected chi connectivity index (χ3v) is 6.06. The van der Waals surface area contributed by atoms with Gasteiger partial charge in [0.2, 0.25) is 0 Å². The first-order valence-corrected chi connectivity index (χ1v) is 10.6. The fourth-order valence-corrected chi connectivity index (χ4v) is 4.54. The van der Waals surface area contributed by atoms with Gasteiger partial charge in [0, 0.05) is 42.3 Å². The van der Waals surface area contributed by atoms with Crippen LogP contribution in [-0.4, -0.2) is 28.1 Å². The Balaban J connectivity index is 1.55. The van der Waals surface area contributed by atoms with Crippen LogP contribution < -0.4 is 10.3 Å². The van der Waals surface area contributed by atoms with Gasteiger partial charge in [0.15, 0.2) is 0 Å². The van der Waals surface area contributed by atoms with Crippen molar-refractivity contribution in [3.8, 4) is 5.75 Å². The standard InChI is InChI=1S/C26H25N3O2/c1-31-24-12-6-5-10-20(24)17-28-15-13-21-22-11-7-14-27-25(22)29(26(30)23(21)18-28)16-19-8-3-2-4-9-19/h2-12,14H,13,15-18H2,1H3. The van der Waals surface area contributed by atoms with E-state index in [1.54, 1.807) is 13.3 Å². The fraction of sp³-hybridized carbons (Fsp3) is 0.231. The van der Waals surface area contributed by atoms with Crippen LogP contribution in [0, 0.1) is 0 Å². The third-order valence-electron chi connectivity index (χ3n) is 6.06. The zero-order valence-corrected chi connectivity index (χ0v) is 17.6. The molecule has 1 aliphatic heterocycles. The maximum absolute atomic E-state index is 13.6. The van der Waals surface area contributed by atoms with Gasteiger partial charge in [-0.3, -0.25) is 14.3 Å². The van der Waals surface area contributed by atoms with Gasteiger partial charge in [0.1, 0.15) is 11.4 Å². The molecule has 0 aliphatic carbocycles. The van der Waals surface area contributed by atoms with Crippen LogP contribution in [0.15, 0.2) is 77.7 Å². The van der Waals surface area contributed by atoms with Crippen molar-refractivity contribution in [1.82, 2.24) is 14.5 Å². The van der Waals surface area contributed by atoms with Gasteiger partial charge in [-0.05, 0) is 35.7 Å². The lowest BCUT2D eigenvalue weighted by Crippen LogP contribution is -2.37. The number of benzene rings is 2. The number of hydrogen-bond acceptors (Lipinski definition) is 4. The number of methoxy groups -OCH3 is 1. The molecule has 2 aromatic carbocycles. The van der Waals surface area contributed by atoms with Crippen LogP contribution in [0.5, 0.6) is 5.75 Å². The molecule has 2 aromatic heterocycles.